The summed E-state index contributed by atoms with van der Waals surface area (Å²) in [7, 11) is 0. The molecule has 16 heavy (non-hydrogen) atoms. The molecule has 0 unspecified atom stereocenters. The molecule has 1 aromatic heterocycles. The van der Waals surface area contributed by atoms with Crippen LogP contribution in [0.4, 0.5) is 5.82 Å². The second kappa shape index (κ2) is 5.17. The van der Waals surface area contributed by atoms with Crippen LogP contribution in [0.25, 0.3) is 0 Å². The van der Waals surface area contributed by atoms with E-state index in [-0.39, 0.29) is 5.54 Å². The van der Waals surface area contributed by atoms with E-state index >= 15 is 0 Å². The first-order chi connectivity index (χ1) is 7.28. The molecule has 2 N–H and O–H groups in total. The van der Waals surface area contributed by atoms with E-state index in [9.17, 15) is 0 Å². The Morgan fingerprint density at radius 2 is 2.00 bits per heavy atom. The number of hydrogen-bond donors (Lipinski definition) is 2. The lowest BCUT2D eigenvalue weighted by Gasteiger charge is -2.22. The molecule has 3 nitrogen and oxygen atoms in total. The Hall–Kier alpha value is -0.580. The first kappa shape index (κ1) is 13.5. The van der Waals surface area contributed by atoms with Crippen molar-refractivity contribution in [2.45, 2.75) is 26.3 Å². The summed E-state index contributed by atoms with van der Waals surface area (Å²) in [6, 6.07) is 1.61. The van der Waals surface area contributed by atoms with Crippen LogP contribution >= 0.6 is 35.4 Å². The molecule has 6 heteroatoms. The number of rotatable bonds is 1. The first-order valence-corrected chi connectivity index (χ1v) is 5.84. The number of hydrogen-bond acceptors (Lipinski definition) is 2. The van der Waals surface area contributed by atoms with Crippen molar-refractivity contribution in [3.05, 3.63) is 22.3 Å². The van der Waals surface area contributed by atoms with Crippen LogP contribution in [0.5, 0.6) is 0 Å². The summed E-state index contributed by atoms with van der Waals surface area (Å²) in [5.41, 5.74) is -0.108. The van der Waals surface area contributed by atoms with E-state index < -0.39 is 0 Å². The summed E-state index contributed by atoms with van der Waals surface area (Å²) >= 11 is 16.8. The highest BCUT2D eigenvalue weighted by Crippen LogP contribution is 2.22. The molecule has 88 valence electrons. The van der Waals surface area contributed by atoms with Crippen molar-refractivity contribution in [2.24, 2.45) is 0 Å². The maximum Gasteiger partial charge on any atom is 0.172 e. The highest BCUT2D eigenvalue weighted by Gasteiger charge is 2.12. The normalized spacial score (nSPS) is 11.1. The van der Waals surface area contributed by atoms with Gasteiger partial charge >= 0.3 is 0 Å². The summed E-state index contributed by atoms with van der Waals surface area (Å²) in [6.07, 6.45) is 1.51. The van der Waals surface area contributed by atoms with Crippen LogP contribution in [0.1, 0.15) is 20.8 Å². The highest BCUT2D eigenvalue weighted by atomic mass is 35.5. The number of aromatic nitrogens is 1. The van der Waals surface area contributed by atoms with Gasteiger partial charge in [0, 0.05) is 11.7 Å². The topological polar surface area (TPSA) is 37.0 Å². The van der Waals surface area contributed by atoms with Crippen LogP contribution < -0.4 is 10.6 Å². The van der Waals surface area contributed by atoms with E-state index in [1.54, 1.807) is 6.07 Å². The summed E-state index contributed by atoms with van der Waals surface area (Å²) in [4.78, 5) is 4.05. The second-order valence-electron chi connectivity index (χ2n) is 4.31. The van der Waals surface area contributed by atoms with Gasteiger partial charge in [0.05, 0.1) is 10.0 Å². The fraction of sp³-hybridized carbons (Fsp3) is 0.400. The maximum absolute atomic E-state index is 5.95. The third-order valence-electron chi connectivity index (χ3n) is 1.53. The van der Waals surface area contributed by atoms with Crippen molar-refractivity contribution in [2.75, 3.05) is 5.32 Å². The molecule has 1 heterocycles. The zero-order valence-corrected chi connectivity index (χ0v) is 11.6. The van der Waals surface area contributed by atoms with Crippen molar-refractivity contribution in [1.29, 1.82) is 0 Å². The first-order valence-electron chi connectivity index (χ1n) is 4.68. The molecule has 0 saturated heterocycles. The molecule has 0 bridgehead atoms. The Labute approximate surface area is 111 Å². The molecule has 0 fully saturated rings. The lowest BCUT2D eigenvalue weighted by atomic mass is 10.1. The van der Waals surface area contributed by atoms with Crippen LogP contribution in [-0.2, 0) is 0 Å². The number of thiocarbonyl (C=S) groups is 1. The van der Waals surface area contributed by atoms with Gasteiger partial charge in [-0.1, -0.05) is 23.2 Å². The lowest BCUT2D eigenvalue weighted by molar-refractivity contribution is 0.515. The molecule has 0 radical (unpaired) electrons. The Morgan fingerprint density at radius 3 is 2.50 bits per heavy atom. The number of nitrogens with zero attached hydrogens (tertiary/aromatic N) is 1. The summed E-state index contributed by atoms with van der Waals surface area (Å²) in [5, 5.41) is 7.41. The van der Waals surface area contributed by atoms with Crippen molar-refractivity contribution in [1.82, 2.24) is 10.3 Å². The van der Waals surface area contributed by atoms with Gasteiger partial charge in [0.1, 0.15) is 0 Å². The Kier molecular flexibility index (Phi) is 4.35. The van der Waals surface area contributed by atoms with Gasteiger partial charge in [0.2, 0.25) is 0 Å². The molecule has 0 aliphatic heterocycles. The SMILES string of the molecule is CC(C)(C)NC(=S)Nc1ncc(Cl)cc1Cl. The van der Waals surface area contributed by atoms with Gasteiger partial charge in [-0.3, -0.25) is 0 Å². The number of pyridine rings is 1. The average molecular weight is 278 g/mol. The van der Waals surface area contributed by atoms with Crippen LogP contribution in [0.2, 0.25) is 10.0 Å². The summed E-state index contributed by atoms with van der Waals surface area (Å²) in [6.45, 7) is 6.04. The van der Waals surface area contributed by atoms with Crippen LogP contribution in [0, 0.1) is 0 Å². The second-order valence-corrected chi connectivity index (χ2v) is 5.56. The van der Waals surface area contributed by atoms with E-state index in [2.05, 4.69) is 15.6 Å². The highest BCUT2D eigenvalue weighted by molar-refractivity contribution is 7.80. The molecule has 0 atom stereocenters. The van der Waals surface area contributed by atoms with Crippen molar-refractivity contribution >= 4 is 46.4 Å². The predicted molar refractivity (Wildman–Crippen MR) is 73.4 cm³/mol. The van der Waals surface area contributed by atoms with Crippen molar-refractivity contribution in [3.8, 4) is 0 Å². The quantitative estimate of drug-likeness (QED) is 0.771. The third kappa shape index (κ3) is 4.51. The largest absolute Gasteiger partial charge is 0.358 e. The van der Waals surface area contributed by atoms with Gasteiger partial charge in [-0.2, -0.15) is 0 Å². The predicted octanol–water partition coefficient (Wildman–Crippen LogP) is 3.47. The summed E-state index contributed by atoms with van der Waals surface area (Å²) in [5.74, 6) is 0.493. The molecule has 0 spiro atoms. The number of halogens is 2. The molecular formula is C10H13Cl2N3S. The van der Waals surface area contributed by atoms with Gasteiger partial charge in [-0.15, -0.1) is 0 Å². The van der Waals surface area contributed by atoms with Gasteiger partial charge < -0.3 is 10.6 Å². The summed E-state index contributed by atoms with van der Waals surface area (Å²) < 4.78 is 0. The Morgan fingerprint density at radius 1 is 1.38 bits per heavy atom. The molecule has 1 rings (SSSR count). The molecule has 0 saturated carbocycles. The van der Waals surface area contributed by atoms with Crippen LogP contribution in [0.3, 0.4) is 0 Å². The number of anilines is 1. The van der Waals surface area contributed by atoms with E-state index in [0.29, 0.717) is 21.0 Å². The van der Waals surface area contributed by atoms with Gasteiger partial charge in [0.15, 0.2) is 10.9 Å². The molecule has 1 aromatic rings. The monoisotopic (exact) mass is 277 g/mol. The van der Waals surface area contributed by atoms with Gasteiger partial charge in [-0.05, 0) is 39.1 Å². The number of nitrogens with one attached hydrogen (secondary N) is 2. The van der Waals surface area contributed by atoms with E-state index in [1.807, 2.05) is 20.8 Å². The van der Waals surface area contributed by atoms with Crippen LogP contribution in [-0.4, -0.2) is 15.6 Å². The third-order valence-corrected chi connectivity index (χ3v) is 2.23. The maximum atomic E-state index is 5.95. The minimum Gasteiger partial charge on any atom is -0.358 e. The molecule has 0 aliphatic rings. The molecular weight excluding hydrogens is 265 g/mol. The molecule has 0 amide bonds. The Bertz CT molecular complexity index is 402. The fourth-order valence-electron chi connectivity index (χ4n) is 0.986. The van der Waals surface area contributed by atoms with Crippen molar-refractivity contribution in [3.63, 3.8) is 0 Å². The van der Waals surface area contributed by atoms with E-state index in [4.69, 9.17) is 35.4 Å². The van der Waals surface area contributed by atoms with E-state index in [1.165, 1.54) is 6.20 Å². The van der Waals surface area contributed by atoms with Gasteiger partial charge in [0.25, 0.3) is 0 Å². The molecule has 0 aromatic carbocycles. The zero-order valence-electron chi connectivity index (χ0n) is 9.27. The zero-order chi connectivity index (χ0) is 12.3. The van der Waals surface area contributed by atoms with Crippen molar-refractivity contribution < 1.29 is 0 Å². The smallest absolute Gasteiger partial charge is 0.172 e. The molecule has 0 aliphatic carbocycles. The van der Waals surface area contributed by atoms with E-state index in [0.717, 1.165) is 0 Å². The van der Waals surface area contributed by atoms with Gasteiger partial charge in [-0.25, -0.2) is 4.98 Å². The minimum absolute atomic E-state index is 0.108. The minimum atomic E-state index is -0.108. The van der Waals surface area contributed by atoms with Crippen LogP contribution in [0.15, 0.2) is 12.3 Å². The average Bonchev–Trinajstić information content (AvgIpc) is 2.06. The Balaban J connectivity index is 2.70. The fourth-order valence-corrected chi connectivity index (χ4v) is 1.82. The standard InChI is InChI=1S/C10H13Cl2N3S/c1-10(2,3)15-9(16)14-8-7(12)4-6(11)5-13-8/h4-5H,1-3H3,(H2,13,14,15,16). The lowest BCUT2D eigenvalue weighted by Crippen LogP contribution is -2.43.